The molecular formula is C14H16N2O. The van der Waals surface area contributed by atoms with Crippen LogP contribution in [-0.2, 0) is 4.74 Å². The van der Waals surface area contributed by atoms with Gasteiger partial charge in [-0.2, -0.15) is 5.10 Å². The third kappa shape index (κ3) is 2.24. The average Bonchev–Trinajstić information content (AvgIpc) is 2.90. The Morgan fingerprint density at radius 1 is 1.12 bits per heavy atom. The summed E-state index contributed by atoms with van der Waals surface area (Å²) in [4.78, 5) is 0. The highest BCUT2D eigenvalue weighted by Gasteiger charge is 2.16. The van der Waals surface area contributed by atoms with Gasteiger partial charge in [0.2, 0.25) is 0 Å². The molecule has 1 aliphatic heterocycles. The molecule has 0 aliphatic carbocycles. The van der Waals surface area contributed by atoms with E-state index in [-0.39, 0.29) is 6.23 Å². The Hall–Kier alpha value is -1.61. The second-order valence-corrected chi connectivity index (χ2v) is 4.37. The molecule has 3 rings (SSSR count). The minimum Gasteiger partial charge on any atom is -0.357 e. The molecule has 0 bridgehead atoms. The molecule has 1 unspecified atom stereocenters. The topological polar surface area (TPSA) is 27.1 Å². The predicted octanol–water partition coefficient (Wildman–Crippen LogP) is 3.25. The fourth-order valence-electron chi connectivity index (χ4n) is 2.19. The summed E-state index contributed by atoms with van der Waals surface area (Å²) in [5.41, 5.74) is 2.17. The number of nitrogens with zero attached hydrogens (tertiary/aromatic N) is 2. The van der Waals surface area contributed by atoms with Crippen molar-refractivity contribution in [2.75, 3.05) is 6.61 Å². The monoisotopic (exact) mass is 228 g/mol. The summed E-state index contributed by atoms with van der Waals surface area (Å²) in [7, 11) is 0. The van der Waals surface area contributed by atoms with Gasteiger partial charge in [0, 0.05) is 18.4 Å². The molecular weight excluding hydrogens is 212 g/mol. The fourth-order valence-corrected chi connectivity index (χ4v) is 2.19. The zero-order valence-electron chi connectivity index (χ0n) is 9.75. The van der Waals surface area contributed by atoms with Crippen molar-refractivity contribution >= 4 is 0 Å². The Morgan fingerprint density at radius 2 is 2.00 bits per heavy atom. The van der Waals surface area contributed by atoms with Gasteiger partial charge in [-0.3, -0.25) is 0 Å². The number of benzene rings is 1. The highest BCUT2D eigenvalue weighted by atomic mass is 16.5. The van der Waals surface area contributed by atoms with Crippen LogP contribution in [0.5, 0.6) is 0 Å². The van der Waals surface area contributed by atoms with Gasteiger partial charge in [0.1, 0.15) is 6.23 Å². The van der Waals surface area contributed by atoms with Crippen LogP contribution < -0.4 is 0 Å². The van der Waals surface area contributed by atoms with Gasteiger partial charge in [-0.25, -0.2) is 4.68 Å². The summed E-state index contributed by atoms with van der Waals surface area (Å²) >= 11 is 0. The lowest BCUT2D eigenvalue weighted by molar-refractivity contribution is -0.0393. The maximum absolute atomic E-state index is 5.71. The standard InChI is InChI=1S/C14H16N2O/c1-2-6-12(7-3-1)13-9-10-16(15-13)14-8-4-5-11-17-14/h1-3,6-7,9-10,14H,4-5,8,11H2. The zero-order chi connectivity index (χ0) is 11.5. The molecule has 3 heteroatoms. The molecule has 0 saturated carbocycles. The SMILES string of the molecule is c1ccc(-c2ccn(C3CCCCO3)n2)cc1. The molecule has 1 fully saturated rings. The lowest BCUT2D eigenvalue weighted by Crippen LogP contribution is -2.18. The fraction of sp³-hybridized carbons (Fsp3) is 0.357. The Labute approximate surface area is 101 Å². The van der Waals surface area contributed by atoms with Gasteiger partial charge in [-0.05, 0) is 25.3 Å². The molecule has 3 nitrogen and oxygen atoms in total. The quantitative estimate of drug-likeness (QED) is 0.789. The van der Waals surface area contributed by atoms with Crippen molar-refractivity contribution in [2.24, 2.45) is 0 Å². The van der Waals surface area contributed by atoms with Crippen LogP contribution in [0.2, 0.25) is 0 Å². The molecule has 0 spiro atoms. The molecule has 1 saturated heterocycles. The Kier molecular flexibility index (Phi) is 2.92. The first kappa shape index (κ1) is 10.5. The van der Waals surface area contributed by atoms with Crippen LogP contribution >= 0.6 is 0 Å². The minimum absolute atomic E-state index is 0.126. The third-order valence-corrected chi connectivity index (χ3v) is 3.13. The number of hydrogen-bond acceptors (Lipinski definition) is 2. The van der Waals surface area contributed by atoms with Gasteiger partial charge in [-0.1, -0.05) is 30.3 Å². The molecule has 0 N–H and O–H groups in total. The van der Waals surface area contributed by atoms with Gasteiger partial charge in [0.05, 0.1) is 5.69 Å². The van der Waals surface area contributed by atoms with E-state index in [1.165, 1.54) is 12.8 Å². The number of ether oxygens (including phenoxy) is 1. The van der Waals surface area contributed by atoms with Crippen LogP contribution in [0.25, 0.3) is 11.3 Å². The van der Waals surface area contributed by atoms with Gasteiger partial charge < -0.3 is 4.74 Å². The van der Waals surface area contributed by atoms with Crippen molar-refractivity contribution < 1.29 is 4.74 Å². The maximum Gasteiger partial charge on any atom is 0.150 e. The van der Waals surface area contributed by atoms with E-state index >= 15 is 0 Å². The molecule has 1 atom stereocenters. The second-order valence-electron chi connectivity index (χ2n) is 4.37. The highest BCUT2D eigenvalue weighted by Crippen LogP contribution is 2.24. The minimum atomic E-state index is 0.126. The smallest absolute Gasteiger partial charge is 0.150 e. The molecule has 0 amide bonds. The van der Waals surface area contributed by atoms with Crippen LogP contribution in [0.4, 0.5) is 0 Å². The number of hydrogen-bond donors (Lipinski definition) is 0. The van der Waals surface area contributed by atoms with E-state index in [9.17, 15) is 0 Å². The molecule has 0 radical (unpaired) electrons. The molecule has 1 aromatic heterocycles. The van der Waals surface area contributed by atoms with Gasteiger partial charge in [0.25, 0.3) is 0 Å². The van der Waals surface area contributed by atoms with Crippen LogP contribution in [0.15, 0.2) is 42.6 Å². The van der Waals surface area contributed by atoms with Crippen LogP contribution in [0.1, 0.15) is 25.5 Å². The molecule has 88 valence electrons. The largest absolute Gasteiger partial charge is 0.357 e. The van der Waals surface area contributed by atoms with Crippen molar-refractivity contribution in [1.29, 1.82) is 0 Å². The molecule has 2 heterocycles. The van der Waals surface area contributed by atoms with Crippen molar-refractivity contribution in [2.45, 2.75) is 25.5 Å². The van der Waals surface area contributed by atoms with Crippen LogP contribution in [0, 0.1) is 0 Å². The van der Waals surface area contributed by atoms with Gasteiger partial charge in [-0.15, -0.1) is 0 Å². The van der Waals surface area contributed by atoms with E-state index in [1.807, 2.05) is 35.1 Å². The van der Waals surface area contributed by atoms with Crippen molar-refractivity contribution in [1.82, 2.24) is 9.78 Å². The van der Waals surface area contributed by atoms with E-state index in [1.54, 1.807) is 0 Å². The predicted molar refractivity (Wildman–Crippen MR) is 66.5 cm³/mol. The van der Waals surface area contributed by atoms with E-state index in [2.05, 4.69) is 17.2 Å². The first-order valence-corrected chi connectivity index (χ1v) is 6.16. The molecule has 1 aromatic carbocycles. The summed E-state index contributed by atoms with van der Waals surface area (Å²) in [6, 6.07) is 12.3. The first-order valence-electron chi connectivity index (χ1n) is 6.16. The Balaban J connectivity index is 1.83. The van der Waals surface area contributed by atoms with Crippen LogP contribution in [0.3, 0.4) is 0 Å². The van der Waals surface area contributed by atoms with Gasteiger partial charge >= 0.3 is 0 Å². The number of rotatable bonds is 2. The third-order valence-electron chi connectivity index (χ3n) is 3.13. The van der Waals surface area contributed by atoms with Crippen molar-refractivity contribution in [3.8, 4) is 11.3 Å². The van der Waals surface area contributed by atoms with E-state index in [0.29, 0.717) is 0 Å². The normalized spacial score (nSPS) is 20.4. The molecule has 17 heavy (non-hydrogen) atoms. The summed E-state index contributed by atoms with van der Waals surface area (Å²) < 4.78 is 7.66. The summed E-state index contributed by atoms with van der Waals surface area (Å²) in [5.74, 6) is 0. The number of aromatic nitrogens is 2. The summed E-state index contributed by atoms with van der Waals surface area (Å²) in [6.07, 6.45) is 5.60. The maximum atomic E-state index is 5.71. The zero-order valence-corrected chi connectivity index (χ0v) is 9.75. The Morgan fingerprint density at radius 3 is 2.76 bits per heavy atom. The lowest BCUT2D eigenvalue weighted by Gasteiger charge is -2.22. The first-order chi connectivity index (χ1) is 8.43. The van der Waals surface area contributed by atoms with Crippen molar-refractivity contribution in [3.63, 3.8) is 0 Å². The summed E-state index contributed by atoms with van der Waals surface area (Å²) in [5, 5.41) is 4.60. The summed E-state index contributed by atoms with van der Waals surface area (Å²) in [6.45, 7) is 0.852. The van der Waals surface area contributed by atoms with E-state index < -0.39 is 0 Å². The Bertz CT molecular complexity index is 472. The lowest BCUT2D eigenvalue weighted by atomic mass is 10.2. The van der Waals surface area contributed by atoms with E-state index in [0.717, 1.165) is 24.3 Å². The highest BCUT2D eigenvalue weighted by molar-refractivity contribution is 5.57. The molecule has 2 aromatic rings. The van der Waals surface area contributed by atoms with Crippen LogP contribution in [-0.4, -0.2) is 16.4 Å². The van der Waals surface area contributed by atoms with Gasteiger partial charge in [0.15, 0.2) is 0 Å². The molecule has 1 aliphatic rings. The van der Waals surface area contributed by atoms with Crippen molar-refractivity contribution in [3.05, 3.63) is 42.6 Å². The van der Waals surface area contributed by atoms with E-state index in [4.69, 9.17) is 4.74 Å². The average molecular weight is 228 g/mol. The second kappa shape index (κ2) is 4.72.